The maximum absolute atomic E-state index is 12.8. The molecule has 20 heavy (non-hydrogen) atoms. The van der Waals surface area contributed by atoms with Gasteiger partial charge in [-0.2, -0.15) is 26.3 Å². The zero-order valence-corrected chi connectivity index (χ0v) is 9.47. The molecule has 0 spiro atoms. The van der Waals surface area contributed by atoms with Crippen molar-refractivity contribution in [1.82, 2.24) is 4.98 Å². The largest absolute Gasteiger partial charge is 0.433 e. The van der Waals surface area contributed by atoms with Crippen LogP contribution in [0.2, 0.25) is 0 Å². The topological polar surface area (TPSA) is 45.1 Å². The fourth-order valence-corrected chi connectivity index (χ4v) is 1.71. The van der Waals surface area contributed by atoms with Gasteiger partial charge in [0.25, 0.3) is 0 Å². The van der Waals surface area contributed by atoms with Crippen molar-refractivity contribution in [3.63, 3.8) is 0 Å². The van der Waals surface area contributed by atoms with Crippen molar-refractivity contribution in [3.05, 3.63) is 35.5 Å². The Hall–Kier alpha value is -2.03. The lowest BCUT2D eigenvalue weighted by Gasteiger charge is -2.14. The van der Waals surface area contributed by atoms with Gasteiger partial charge < -0.3 is 0 Å². The van der Waals surface area contributed by atoms with Crippen LogP contribution in [-0.2, 0) is 12.4 Å². The quantitative estimate of drug-likeness (QED) is 0.616. The van der Waals surface area contributed by atoms with Crippen LogP contribution in [-0.4, -0.2) is 10.2 Å². The van der Waals surface area contributed by atoms with Gasteiger partial charge in [0.05, 0.1) is 16.8 Å². The fraction of sp³-hybridized carbons (Fsp3) is 0.182. The first-order chi connectivity index (χ1) is 9.14. The molecule has 0 saturated carbocycles. The molecule has 3 nitrogen and oxygen atoms in total. The predicted octanol–water partition coefficient (Wildman–Crippen LogP) is 4.07. The molecule has 2 aromatic rings. The second-order valence-electron chi connectivity index (χ2n) is 3.86. The van der Waals surface area contributed by atoms with E-state index in [-0.39, 0.29) is 5.39 Å². The van der Waals surface area contributed by atoms with E-state index in [9.17, 15) is 26.3 Å². The highest BCUT2D eigenvalue weighted by Crippen LogP contribution is 2.38. The van der Waals surface area contributed by atoms with Gasteiger partial charge in [-0.3, -0.25) is 10.7 Å². The molecule has 0 atom stereocenters. The van der Waals surface area contributed by atoms with Crippen molar-refractivity contribution in [1.29, 1.82) is 0 Å². The molecule has 0 aliphatic carbocycles. The molecule has 2 rings (SSSR count). The number of fused-ring (bicyclic) bond motifs is 1. The van der Waals surface area contributed by atoms with E-state index < -0.39 is 34.8 Å². The minimum Gasteiger partial charge on any atom is -0.291 e. The smallest absolute Gasteiger partial charge is 0.291 e. The number of para-hydroxylation sites is 1. The molecular weight excluding hydrogens is 290 g/mol. The zero-order valence-electron chi connectivity index (χ0n) is 9.47. The average Bonchev–Trinajstić information content (AvgIpc) is 2.34. The lowest BCUT2D eigenvalue weighted by atomic mass is 10.1. The number of rotatable bonds is 1. The van der Waals surface area contributed by atoms with Gasteiger partial charge in [-0.15, -0.1) is 0 Å². The van der Waals surface area contributed by atoms with Crippen molar-refractivity contribution in [3.8, 4) is 0 Å². The summed E-state index contributed by atoms with van der Waals surface area (Å²) in [6, 6.07) is 3.19. The molecule has 108 valence electrons. The number of anilines is 1. The third kappa shape index (κ3) is 2.48. The minimum atomic E-state index is -4.93. The third-order valence-corrected chi connectivity index (χ3v) is 2.56. The molecule has 1 aromatic heterocycles. The number of nitrogens with one attached hydrogen (secondary N) is 1. The Morgan fingerprint density at radius 2 is 1.65 bits per heavy atom. The number of benzene rings is 1. The first-order valence-corrected chi connectivity index (χ1v) is 5.13. The van der Waals surface area contributed by atoms with Crippen LogP contribution in [0.25, 0.3) is 10.9 Å². The Morgan fingerprint density at radius 1 is 1.00 bits per heavy atom. The highest BCUT2D eigenvalue weighted by molar-refractivity contribution is 5.93. The van der Waals surface area contributed by atoms with Crippen LogP contribution in [0.4, 0.5) is 32.0 Å². The zero-order chi connectivity index (χ0) is 15.1. The number of hydrogen-bond acceptors (Lipinski definition) is 3. The molecular formula is C11H6F6N2O. The molecule has 0 saturated heterocycles. The second kappa shape index (κ2) is 4.51. The first-order valence-electron chi connectivity index (χ1n) is 5.13. The first kappa shape index (κ1) is 14.4. The summed E-state index contributed by atoms with van der Waals surface area (Å²) >= 11 is 0. The Labute approximate surface area is 107 Å². The minimum absolute atomic E-state index is 0.268. The molecule has 1 heterocycles. The van der Waals surface area contributed by atoms with Gasteiger partial charge in [-0.1, -0.05) is 12.1 Å². The van der Waals surface area contributed by atoms with E-state index >= 15 is 0 Å². The lowest BCUT2D eigenvalue weighted by Crippen LogP contribution is -2.12. The van der Waals surface area contributed by atoms with Gasteiger partial charge in [0.15, 0.2) is 0 Å². The number of nitrogens with zero attached hydrogens (tertiary/aromatic N) is 1. The molecule has 0 aliphatic rings. The van der Waals surface area contributed by atoms with E-state index in [2.05, 4.69) is 4.98 Å². The summed E-state index contributed by atoms with van der Waals surface area (Å²) in [5.74, 6) is 0. The maximum atomic E-state index is 12.8. The van der Waals surface area contributed by atoms with Gasteiger partial charge in [0.1, 0.15) is 5.69 Å². The van der Waals surface area contributed by atoms with E-state index in [0.29, 0.717) is 12.1 Å². The van der Waals surface area contributed by atoms with Crippen molar-refractivity contribution in [2.45, 2.75) is 12.4 Å². The Kier molecular flexibility index (Phi) is 3.24. The van der Waals surface area contributed by atoms with Gasteiger partial charge in [0.2, 0.25) is 0 Å². The van der Waals surface area contributed by atoms with Gasteiger partial charge >= 0.3 is 12.4 Å². The van der Waals surface area contributed by atoms with Crippen LogP contribution < -0.4 is 5.48 Å². The number of aromatic nitrogens is 1. The Balaban J connectivity index is 2.87. The number of alkyl halides is 6. The normalized spacial score (nSPS) is 12.8. The SMILES string of the molecule is ONc1cc(C(F)(F)F)nc2c(C(F)(F)F)cccc12. The van der Waals surface area contributed by atoms with Crippen molar-refractivity contribution < 1.29 is 31.5 Å². The Bertz CT molecular complexity index is 650. The summed E-state index contributed by atoms with van der Waals surface area (Å²) in [5.41, 5.74) is -2.77. The number of pyridine rings is 1. The van der Waals surface area contributed by atoms with Crippen LogP contribution in [0.15, 0.2) is 24.3 Å². The van der Waals surface area contributed by atoms with E-state index in [1.54, 1.807) is 0 Å². The summed E-state index contributed by atoms with van der Waals surface area (Å²) in [5, 5.41) is 8.52. The summed E-state index contributed by atoms with van der Waals surface area (Å²) in [6.45, 7) is 0. The molecule has 0 bridgehead atoms. The molecule has 1 aromatic carbocycles. The maximum Gasteiger partial charge on any atom is 0.433 e. The number of hydrogen-bond donors (Lipinski definition) is 2. The standard InChI is InChI=1S/C11H6F6N2O/c12-10(13,14)6-3-1-2-5-7(19-20)4-8(11(15,16)17)18-9(5)6/h1-4,20H,(H,18,19). The summed E-state index contributed by atoms with van der Waals surface area (Å²) in [7, 11) is 0. The van der Waals surface area contributed by atoms with Gasteiger partial charge in [-0.05, 0) is 12.1 Å². The summed E-state index contributed by atoms with van der Waals surface area (Å²) in [6.07, 6.45) is -9.79. The third-order valence-electron chi connectivity index (χ3n) is 2.56. The van der Waals surface area contributed by atoms with E-state index in [1.807, 2.05) is 0 Å². The highest BCUT2D eigenvalue weighted by Gasteiger charge is 2.37. The van der Waals surface area contributed by atoms with Crippen LogP contribution in [0.3, 0.4) is 0 Å². The average molecular weight is 296 g/mol. The van der Waals surface area contributed by atoms with Crippen LogP contribution in [0, 0.1) is 0 Å². The monoisotopic (exact) mass is 296 g/mol. The van der Waals surface area contributed by atoms with E-state index in [1.165, 1.54) is 5.48 Å². The molecule has 0 unspecified atom stereocenters. The van der Waals surface area contributed by atoms with Gasteiger partial charge in [-0.25, -0.2) is 4.98 Å². The lowest BCUT2D eigenvalue weighted by molar-refractivity contribution is -0.142. The van der Waals surface area contributed by atoms with Crippen molar-refractivity contribution in [2.24, 2.45) is 0 Å². The summed E-state index contributed by atoms with van der Waals surface area (Å²) < 4.78 is 76.2. The second-order valence-corrected chi connectivity index (χ2v) is 3.86. The van der Waals surface area contributed by atoms with Crippen molar-refractivity contribution >= 4 is 16.6 Å². The van der Waals surface area contributed by atoms with Crippen molar-refractivity contribution in [2.75, 3.05) is 5.48 Å². The molecule has 0 radical (unpaired) electrons. The van der Waals surface area contributed by atoms with E-state index in [4.69, 9.17) is 5.21 Å². The fourth-order valence-electron chi connectivity index (χ4n) is 1.71. The predicted molar refractivity (Wildman–Crippen MR) is 57.2 cm³/mol. The molecule has 0 aliphatic heterocycles. The van der Waals surface area contributed by atoms with Crippen LogP contribution in [0.1, 0.15) is 11.3 Å². The molecule has 2 N–H and O–H groups in total. The summed E-state index contributed by atoms with van der Waals surface area (Å²) in [4.78, 5) is 3.03. The van der Waals surface area contributed by atoms with Crippen LogP contribution in [0.5, 0.6) is 0 Å². The highest BCUT2D eigenvalue weighted by atomic mass is 19.4. The van der Waals surface area contributed by atoms with Gasteiger partial charge in [0, 0.05) is 5.39 Å². The molecule has 9 heteroatoms. The molecule has 0 fully saturated rings. The number of halogens is 6. The molecule has 0 amide bonds. The van der Waals surface area contributed by atoms with E-state index in [0.717, 1.165) is 12.1 Å². The van der Waals surface area contributed by atoms with Crippen LogP contribution >= 0.6 is 0 Å². The Morgan fingerprint density at radius 3 is 2.15 bits per heavy atom.